The van der Waals surface area contributed by atoms with Gasteiger partial charge in [0.1, 0.15) is 5.82 Å². The van der Waals surface area contributed by atoms with E-state index < -0.39 is 11.4 Å². The maximum absolute atomic E-state index is 12.9. The predicted molar refractivity (Wildman–Crippen MR) is 78.2 cm³/mol. The molecule has 0 spiro atoms. The van der Waals surface area contributed by atoms with Gasteiger partial charge >= 0.3 is 5.97 Å². The van der Waals surface area contributed by atoms with Crippen molar-refractivity contribution in [1.82, 2.24) is 5.32 Å². The number of carbonyl (C=O) groups excluding carboxylic acids is 1. The van der Waals surface area contributed by atoms with Gasteiger partial charge in [0.25, 0.3) is 0 Å². The van der Waals surface area contributed by atoms with Crippen LogP contribution in [0, 0.1) is 17.2 Å². The molecule has 0 aromatic heterocycles. The highest BCUT2D eigenvalue weighted by atomic mass is 19.1. The van der Waals surface area contributed by atoms with E-state index in [4.69, 9.17) is 0 Å². The van der Waals surface area contributed by atoms with E-state index in [0.717, 1.165) is 5.56 Å². The third-order valence-electron chi connectivity index (χ3n) is 4.04. The molecule has 116 valence electrons. The molecule has 1 rings (SSSR count). The Morgan fingerprint density at radius 1 is 1.24 bits per heavy atom. The zero-order valence-electron chi connectivity index (χ0n) is 12.8. The molecule has 1 aromatic rings. The van der Waals surface area contributed by atoms with Gasteiger partial charge in [0.2, 0.25) is 5.91 Å². The molecule has 21 heavy (non-hydrogen) atoms. The summed E-state index contributed by atoms with van der Waals surface area (Å²) in [7, 11) is 0. The number of aliphatic carboxylic acids is 1. The third-order valence-corrected chi connectivity index (χ3v) is 4.04. The van der Waals surface area contributed by atoms with Gasteiger partial charge in [-0.1, -0.05) is 26.0 Å². The van der Waals surface area contributed by atoms with Crippen molar-refractivity contribution in [1.29, 1.82) is 0 Å². The SMILES string of the molecule is CC(NC(=O)CC(C)(C(=O)O)C(C)C)c1ccc(F)cc1. The van der Waals surface area contributed by atoms with E-state index in [0.29, 0.717) is 0 Å². The molecule has 4 nitrogen and oxygen atoms in total. The molecular weight excluding hydrogens is 273 g/mol. The van der Waals surface area contributed by atoms with Crippen molar-refractivity contribution in [2.24, 2.45) is 11.3 Å². The molecule has 5 heteroatoms. The molecule has 0 saturated heterocycles. The Morgan fingerprint density at radius 3 is 2.19 bits per heavy atom. The van der Waals surface area contributed by atoms with Crippen molar-refractivity contribution in [3.05, 3.63) is 35.6 Å². The summed E-state index contributed by atoms with van der Waals surface area (Å²) in [6.45, 7) is 6.91. The molecule has 2 unspecified atom stereocenters. The van der Waals surface area contributed by atoms with Crippen LogP contribution in [-0.2, 0) is 9.59 Å². The minimum Gasteiger partial charge on any atom is -0.481 e. The van der Waals surface area contributed by atoms with E-state index in [9.17, 15) is 19.1 Å². The van der Waals surface area contributed by atoms with Crippen molar-refractivity contribution in [2.75, 3.05) is 0 Å². The van der Waals surface area contributed by atoms with Crippen molar-refractivity contribution < 1.29 is 19.1 Å². The quantitative estimate of drug-likeness (QED) is 0.847. The van der Waals surface area contributed by atoms with Gasteiger partial charge < -0.3 is 10.4 Å². The Bertz CT molecular complexity index is 513. The van der Waals surface area contributed by atoms with Crippen LogP contribution in [0.25, 0.3) is 0 Å². The minimum atomic E-state index is -1.10. The van der Waals surface area contributed by atoms with Crippen molar-refractivity contribution in [3.63, 3.8) is 0 Å². The molecule has 0 radical (unpaired) electrons. The number of halogens is 1. The zero-order chi connectivity index (χ0) is 16.2. The van der Waals surface area contributed by atoms with Gasteiger partial charge in [-0.2, -0.15) is 0 Å². The van der Waals surface area contributed by atoms with Crippen LogP contribution >= 0.6 is 0 Å². The molecule has 0 saturated carbocycles. The van der Waals surface area contributed by atoms with Gasteiger partial charge in [-0.15, -0.1) is 0 Å². The molecule has 0 bridgehead atoms. The summed E-state index contributed by atoms with van der Waals surface area (Å²) in [4.78, 5) is 23.4. The monoisotopic (exact) mass is 295 g/mol. The summed E-state index contributed by atoms with van der Waals surface area (Å²) in [5, 5.41) is 12.1. The number of hydrogen-bond acceptors (Lipinski definition) is 2. The van der Waals surface area contributed by atoms with Crippen LogP contribution < -0.4 is 5.32 Å². The lowest BCUT2D eigenvalue weighted by Gasteiger charge is -2.29. The molecule has 0 fully saturated rings. The van der Waals surface area contributed by atoms with Crippen LogP contribution in [0.2, 0.25) is 0 Å². The highest BCUT2D eigenvalue weighted by Crippen LogP contribution is 2.31. The van der Waals surface area contributed by atoms with Gasteiger partial charge in [-0.25, -0.2) is 4.39 Å². The Hall–Kier alpha value is -1.91. The van der Waals surface area contributed by atoms with Crippen LogP contribution in [0.15, 0.2) is 24.3 Å². The molecular formula is C16H22FNO3. The molecule has 0 aliphatic heterocycles. The van der Waals surface area contributed by atoms with Gasteiger partial charge in [0.05, 0.1) is 11.5 Å². The standard InChI is InChI=1S/C16H22FNO3/c1-10(2)16(4,15(20)21)9-14(19)18-11(3)12-5-7-13(17)8-6-12/h5-8,10-11H,9H2,1-4H3,(H,18,19)(H,20,21). The van der Waals surface area contributed by atoms with E-state index in [1.165, 1.54) is 12.1 Å². The second-order valence-electron chi connectivity index (χ2n) is 5.89. The third kappa shape index (κ3) is 4.28. The molecule has 1 aromatic carbocycles. The highest BCUT2D eigenvalue weighted by Gasteiger charge is 2.38. The molecule has 0 heterocycles. The second-order valence-corrected chi connectivity index (χ2v) is 5.89. The summed E-state index contributed by atoms with van der Waals surface area (Å²) in [5.41, 5.74) is -0.335. The van der Waals surface area contributed by atoms with E-state index in [-0.39, 0.29) is 30.1 Å². The van der Waals surface area contributed by atoms with E-state index in [2.05, 4.69) is 5.32 Å². The number of nitrogens with one attached hydrogen (secondary N) is 1. The number of carboxylic acids is 1. The minimum absolute atomic E-state index is 0.0917. The van der Waals surface area contributed by atoms with Crippen LogP contribution in [0.3, 0.4) is 0 Å². The fraction of sp³-hybridized carbons (Fsp3) is 0.500. The summed E-state index contributed by atoms with van der Waals surface area (Å²) in [5.74, 6) is -1.81. The summed E-state index contributed by atoms with van der Waals surface area (Å²) in [6.07, 6.45) is -0.0917. The number of carboxylic acid groups (broad SMARTS) is 1. The lowest BCUT2D eigenvalue weighted by Crippen LogP contribution is -2.39. The number of hydrogen-bond donors (Lipinski definition) is 2. The fourth-order valence-electron chi connectivity index (χ4n) is 1.99. The largest absolute Gasteiger partial charge is 0.481 e. The molecule has 0 aliphatic carbocycles. The van der Waals surface area contributed by atoms with Crippen LogP contribution in [0.5, 0.6) is 0 Å². The normalized spacial score (nSPS) is 15.3. The van der Waals surface area contributed by atoms with Crippen molar-refractivity contribution in [3.8, 4) is 0 Å². The Morgan fingerprint density at radius 2 is 1.76 bits per heavy atom. The van der Waals surface area contributed by atoms with Gasteiger partial charge in [0, 0.05) is 6.42 Å². The number of amides is 1. The maximum Gasteiger partial charge on any atom is 0.310 e. The lowest BCUT2D eigenvalue weighted by atomic mass is 9.76. The molecule has 2 N–H and O–H groups in total. The Labute approximate surface area is 124 Å². The average molecular weight is 295 g/mol. The average Bonchev–Trinajstić information content (AvgIpc) is 2.38. The summed E-state index contributed by atoms with van der Waals surface area (Å²) >= 11 is 0. The maximum atomic E-state index is 12.9. The first-order chi connectivity index (χ1) is 9.66. The summed E-state index contributed by atoms with van der Waals surface area (Å²) in [6, 6.07) is 5.54. The van der Waals surface area contributed by atoms with Gasteiger partial charge in [-0.3, -0.25) is 9.59 Å². The van der Waals surface area contributed by atoms with Crippen LogP contribution in [-0.4, -0.2) is 17.0 Å². The van der Waals surface area contributed by atoms with Crippen LogP contribution in [0.4, 0.5) is 4.39 Å². The smallest absolute Gasteiger partial charge is 0.310 e. The molecule has 1 amide bonds. The Kier molecular flexibility index (Phi) is 5.47. The zero-order valence-corrected chi connectivity index (χ0v) is 12.8. The van der Waals surface area contributed by atoms with Crippen molar-refractivity contribution in [2.45, 2.75) is 40.2 Å². The van der Waals surface area contributed by atoms with E-state index >= 15 is 0 Å². The van der Waals surface area contributed by atoms with Gasteiger partial charge in [-0.05, 0) is 37.5 Å². The number of benzene rings is 1. The first-order valence-corrected chi connectivity index (χ1v) is 6.95. The van der Waals surface area contributed by atoms with Crippen molar-refractivity contribution >= 4 is 11.9 Å². The van der Waals surface area contributed by atoms with E-state index in [1.54, 1.807) is 39.8 Å². The number of rotatable bonds is 6. The van der Waals surface area contributed by atoms with Crippen LogP contribution in [0.1, 0.15) is 45.7 Å². The lowest BCUT2D eigenvalue weighted by molar-refractivity contribution is -0.153. The first kappa shape index (κ1) is 17.1. The highest BCUT2D eigenvalue weighted by molar-refractivity contribution is 5.85. The first-order valence-electron chi connectivity index (χ1n) is 6.95. The van der Waals surface area contributed by atoms with E-state index in [1.807, 2.05) is 0 Å². The van der Waals surface area contributed by atoms with Gasteiger partial charge in [0.15, 0.2) is 0 Å². The predicted octanol–water partition coefficient (Wildman–Crippen LogP) is 3.14. The molecule has 0 aliphatic rings. The fourth-order valence-corrected chi connectivity index (χ4v) is 1.99. The molecule has 2 atom stereocenters. The number of carbonyl (C=O) groups is 2. The second kappa shape index (κ2) is 6.70. The Balaban J connectivity index is 2.72. The summed E-state index contributed by atoms with van der Waals surface area (Å²) < 4.78 is 12.9. The topological polar surface area (TPSA) is 66.4 Å².